The summed E-state index contributed by atoms with van der Waals surface area (Å²) < 4.78 is 4.97. The molecular weight excluding hydrogens is 188 g/mol. The molecule has 0 N–H and O–H groups in total. The Morgan fingerprint density at radius 3 is 2.33 bits per heavy atom. The second-order valence-electron chi connectivity index (χ2n) is 2.82. The number of rotatable bonds is 4. The van der Waals surface area contributed by atoms with Gasteiger partial charge in [-0.05, 0) is 23.3 Å². The first-order valence-corrected chi connectivity index (χ1v) is 4.44. The molecule has 76 valence electrons. The molecule has 2 nitrogen and oxygen atoms in total. The van der Waals surface area contributed by atoms with E-state index in [1.54, 1.807) is 24.3 Å². The van der Waals surface area contributed by atoms with Crippen molar-refractivity contribution in [3.63, 3.8) is 0 Å². The third kappa shape index (κ3) is 2.68. The molecule has 0 aromatic heterocycles. The molecule has 0 aliphatic heterocycles. The Morgan fingerprint density at radius 1 is 1.13 bits per heavy atom. The van der Waals surface area contributed by atoms with Gasteiger partial charge in [0.2, 0.25) is 0 Å². The average Bonchev–Trinajstić information content (AvgIpc) is 2.28. The van der Waals surface area contributed by atoms with E-state index in [-0.39, 0.29) is 0 Å². The fraction of sp³-hybridized carbons (Fsp3) is 0. The predicted octanol–water partition coefficient (Wildman–Crippen LogP) is 3.06. The lowest BCUT2D eigenvalue weighted by Crippen LogP contribution is -2.03. The average molecular weight is 200 g/mol. The van der Waals surface area contributed by atoms with Gasteiger partial charge in [0.1, 0.15) is 5.75 Å². The fourth-order valence-electron chi connectivity index (χ4n) is 1.14. The summed E-state index contributed by atoms with van der Waals surface area (Å²) in [6, 6.07) is 5.24. The number of esters is 1. The van der Waals surface area contributed by atoms with Gasteiger partial charge in [-0.2, -0.15) is 0 Å². The highest BCUT2D eigenvalue weighted by molar-refractivity contribution is 5.83. The van der Waals surface area contributed by atoms with Crippen molar-refractivity contribution in [2.75, 3.05) is 0 Å². The molecular formula is C13H12O2. The lowest BCUT2D eigenvalue weighted by molar-refractivity contribution is -0.128. The van der Waals surface area contributed by atoms with Crippen LogP contribution in [0.2, 0.25) is 0 Å². The van der Waals surface area contributed by atoms with Crippen LogP contribution in [-0.2, 0) is 4.79 Å². The SMILES string of the molecule is C=CC(=O)Oc1ccc(C=C)c(C=C)c1. The molecule has 0 unspecified atom stereocenters. The molecule has 0 aliphatic carbocycles. The number of carbonyl (C=O) groups excluding carboxylic acids is 1. The highest BCUT2D eigenvalue weighted by Gasteiger charge is 2.02. The highest BCUT2D eigenvalue weighted by atomic mass is 16.5. The Balaban J connectivity index is 3.02. The van der Waals surface area contributed by atoms with Crippen molar-refractivity contribution in [1.82, 2.24) is 0 Å². The maximum atomic E-state index is 10.9. The van der Waals surface area contributed by atoms with Gasteiger partial charge < -0.3 is 4.74 Å². The van der Waals surface area contributed by atoms with Gasteiger partial charge >= 0.3 is 5.97 Å². The van der Waals surface area contributed by atoms with E-state index in [1.165, 1.54) is 0 Å². The van der Waals surface area contributed by atoms with Crippen molar-refractivity contribution in [2.24, 2.45) is 0 Å². The summed E-state index contributed by atoms with van der Waals surface area (Å²) in [5.74, 6) is -0.00300. The smallest absolute Gasteiger partial charge is 0.335 e. The summed E-state index contributed by atoms with van der Waals surface area (Å²) in [6.07, 6.45) is 4.52. The molecule has 0 heterocycles. The van der Waals surface area contributed by atoms with Crippen LogP contribution in [0.4, 0.5) is 0 Å². The molecule has 0 spiro atoms. The monoisotopic (exact) mass is 200 g/mol. The maximum Gasteiger partial charge on any atom is 0.335 e. The Bertz CT molecular complexity index is 417. The minimum absolute atomic E-state index is 0.473. The van der Waals surface area contributed by atoms with E-state index < -0.39 is 5.97 Å². The second-order valence-corrected chi connectivity index (χ2v) is 2.82. The Kier molecular flexibility index (Phi) is 3.63. The topological polar surface area (TPSA) is 26.3 Å². The molecule has 1 aromatic rings. The molecule has 0 aliphatic rings. The van der Waals surface area contributed by atoms with Gasteiger partial charge in [-0.3, -0.25) is 0 Å². The predicted molar refractivity (Wildman–Crippen MR) is 62.5 cm³/mol. The van der Waals surface area contributed by atoms with Gasteiger partial charge in [0.25, 0.3) is 0 Å². The van der Waals surface area contributed by atoms with Crippen LogP contribution >= 0.6 is 0 Å². The number of hydrogen-bond acceptors (Lipinski definition) is 2. The largest absolute Gasteiger partial charge is 0.423 e. The number of hydrogen-bond donors (Lipinski definition) is 0. The Hall–Kier alpha value is -2.09. The lowest BCUT2D eigenvalue weighted by atomic mass is 10.1. The van der Waals surface area contributed by atoms with Crippen molar-refractivity contribution in [3.8, 4) is 5.75 Å². The van der Waals surface area contributed by atoms with E-state index >= 15 is 0 Å². The van der Waals surface area contributed by atoms with E-state index in [9.17, 15) is 4.79 Å². The number of ether oxygens (including phenoxy) is 1. The summed E-state index contributed by atoms with van der Waals surface area (Å²) in [4.78, 5) is 10.9. The Labute approximate surface area is 89.2 Å². The van der Waals surface area contributed by atoms with Gasteiger partial charge in [-0.15, -0.1) is 0 Å². The minimum Gasteiger partial charge on any atom is -0.423 e. The van der Waals surface area contributed by atoms with Crippen molar-refractivity contribution < 1.29 is 9.53 Å². The second kappa shape index (κ2) is 4.96. The summed E-state index contributed by atoms with van der Waals surface area (Å²) in [7, 11) is 0. The van der Waals surface area contributed by atoms with Crippen LogP contribution < -0.4 is 4.74 Å². The van der Waals surface area contributed by atoms with E-state index in [1.807, 2.05) is 6.07 Å². The molecule has 0 bridgehead atoms. The summed E-state index contributed by atoms with van der Waals surface area (Å²) in [6.45, 7) is 10.7. The normalized spacial score (nSPS) is 9.07. The van der Waals surface area contributed by atoms with E-state index in [4.69, 9.17) is 4.74 Å². The van der Waals surface area contributed by atoms with Crippen LogP contribution in [0.5, 0.6) is 5.75 Å². The molecule has 0 fully saturated rings. The quantitative estimate of drug-likeness (QED) is 0.424. The van der Waals surface area contributed by atoms with Crippen LogP contribution in [0.15, 0.2) is 44.0 Å². The number of carbonyl (C=O) groups is 1. The zero-order valence-corrected chi connectivity index (χ0v) is 8.40. The Morgan fingerprint density at radius 2 is 1.80 bits per heavy atom. The lowest BCUT2D eigenvalue weighted by Gasteiger charge is -2.05. The van der Waals surface area contributed by atoms with E-state index in [0.717, 1.165) is 17.2 Å². The van der Waals surface area contributed by atoms with Crippen molar-refractivity contribution >= 4 is 18.1 Å². The van der Waals surface area contributed by atoms with Crippen LogP contribution in [-0.4, -0.2) is 5.97 Å². The zero-order chi connectivity index (χ0) is 11.3. The van der Waals surface area contributed by atoms with Crippen LogP contribution in [0.25, 0.3) is 12.2 Å². The van der Waals surface area contributed by atoms with Crippen LogP contribution in [0.3, 0.4) is 0 Å². The van der Waals surface area contributed by atoms with Crippen LogP contribution in [0.1, 0.15) is 11.1 Å². The molecule has 1 rings (SSSR count). The zero-order valence-electron chi connectivity index (χ0n) is 8.40. The first-order valence-electron chi connectivity index (χ1n) is 4.44. The summed E-state index contributed by atoms with van der Waals surface area (Å²) in [5.41, 5.74) is 1.82. The van der Waals surface area contributed by atoms with Gasteiger partial charge in [-0.25, -0.2) is 4.79 Å². The van der Waals surface area contributed by atoms with Gasteiger partial charge in [0, 0.05) is 6.08 Å². The molecule has 0 atom stereocenters. The fourth-order valence-corrected chi connectivity index (χ4v) is 1.14. The molecule has 2 heteroatoms. The summed E-state index contributed by atoms with van der Waals surface area (Å²) >= 11 is 0. The highest BCUT2D eigenvalue weighted by Crippen LogP contribution is 2.20. The first-order chi connectivity index (χ1) is 7.21. The van der Waals surface area contributed by atoms with Gasteiger partial charge in [0.15, 0.2) is 0 Å². The summed E-state index contributed by atoms with van der Waals surface area (Å²) in [5, 5.41) is 0. The standard InChI is InChI=1S/C13H12O2/c1-4-10-7-8-12(9-11(10)5-2)15-13(14)6-3/h4-9H,1-3H2. The molecule has 0 amide bonds. The van der Waals surface area contributed by atoms with Crippen LogP contribution in [0, 0.1) is 0 Å². The third-order valence-corrected chi connectivity index (χ3v) is 1.88. The molecule has 1 aromatic carbocycles. The first kappa shape index (κ1) is 11.0. The maximum absolute atomic E-state index is 10.9. The minimum atomic E-state index is -0.476. The molecule has 0 radical (unpaired) electrons. The molecule has 0 saturated carbocycles. The van der Waals surface area contributed by atoms with Gasteiger partial charge in [-0.1, -0.05) is 38.0 Å². The third-order valence-electron chi connectivity index (χ3n) is 1.88. The molecule has 0 saturated heterocycles. The molecule has 15 heavy (non-hydrogen) atoms. The van der Waals surface area contributed by atoms with Crippen molar-refractivity contribution in [1.29, 1.82) is 0 Å². The van der Waals surface area contributed by atoms with Gasteiger partial charge in [0.05, 0.1) is 0 Å². The number of benzene rings is 1. The van der Waals surface area contributed by atoms with Crippen molar-refractivity contribution in [3.05, 3.63) is 55.1 Å². The van der Waals surface area contributed by atoms with E-state index in [0.29, 0.717) is 5.75 Å². The van der Waals surface area contributed by atoms with E-state index in [2.05, 4.69) is 19.7 Å². The van der Waals surface area contributed by atoms with Crippen molar-refractivity contribution in [2.45, 2.75) is 0 Å².